The number of aryl methyl sites for hydroxylation is 1. The molecule has 0 bridgehead atoms. The molecule has 2 aromatic heterocycles. The molecule has 4 rings (SSSR count). The molecule has 0 aliphatic carbocycles. The second-order valence-electron chi connectivity index (χ2n) is 4.66. The Hall–Kier alpha value is -2.78. The molecule has 0 radical (unpaired) electrons. The summed E-state index contributed by atoms with van der Waals surface area (Å²) < 4.78 is 21.1. The minimum Gasteiger partial charge on any atom is -0.870 e. The minimum absolute atomic E-state index is 0. The fraction of sp³-hybridized carbons (Fsp3) is 0.294. The third-order valence-electron chi connectivity index (χ3n) is 2.91. The van der Waals surface area contributed by atoms with E-state index >= 15 is 0 Å². The standard InChI is InChI=1S/C8H9NO2.C7H7NO2.2CO2.Na.H2O/c1-6-4-7-8(5-9-6)11-3-2-10-7;1-2-8-5-7-6(1)9-3-4-10-7;2*2-1-3;;/h4-5H,2-3H2,1H3;1-2,5H,3-4H2;;;;1H2/q;;;;+1;/p-1. The normalized spacial score (nSPS) is 11.2. The maximum Gasteiger partial charge on any atom is 1.00 e. The smallest absolute Gasteiger partial charge is 0.870 e. The molecule has 1 N–H and O–H groups in total. The van der Waals surface area contributed by atoms with Gasteiger partial charge in [-0.3, -0.25) is 9.97 Å². The van der Waals surface area contributed by atoms with Gasteiger partial charge in [0.05, 0.1) is 12.4 Å². The SMILES string of the molecule is Cc1cc2c(cn1)OCCO2.O=C=O.O=C=O.[Na+].[OH-].c1cc2c(cn1)OCCO2. The van der Waals surface area contributed by atoms with Crippen molar-refractivity contribution in [3.63, 3.8) is 0 Å². The summed E-state index contributed by atoms with van der Waals surface area (Å²) >= 11 is 0. The van der Waals surface area contributed by atoms with Gasteiger partial charge in [0, 0.05) is 24.0 Å². The molecule has 0 aromatic carbocycles. The number of rotatable bonds is 0. The van der Waals surface area contributed by atoms with Crippen LogP contribution in [0, 0.1) is 6.92 Å². The van der Waals surface area contributed by atoms with Crippen molar-refractivity contribution in [1.29, 1.82) is 0 Å². The molecule has 0 saturated heterocycles. The molecule has 0 unspecified atom stereocenters. The van der Waals surface area contributed by atoms with Crippen LogP contribution >= 0.6 is 0 Å². The number of carbonyl (C=O) groups excluding carboxylic acids is 4. The molecular formula is C17H17N2NaO9. The van der Waals surface area contributed by atoms with Crippen LogP contribution in [0.25, 0.3) is 0 Å². The Morgan fingerprint density at radius 3 is 1.76 bits per heavy atom. The van der Waals surface area contributed by atoms with Gasteiger partial charge < -0.3 is 24.4 Å². The maximum absolute atomic E-state index is 8.12. The first-order chi connectivity index (χ1) is 13.2. The number of nitrogens with zero attached hydrogens (tertiary/aromatic N) is 2. The molecule has 2 aromatic rings. The first-order valence-electron chi connectivity index (χ1n) is 7.56. The Balaban J connectivity index is 0. The van der Waals surface area contributed by atoms with E-state index in [4.69, 9.17) is 38.1 Å². The van der Waals surface area contributed by atoms with Crippen LogP contribution in [0.3, 0.4) is 0 Å². The number of hydrogen-bond donors (Lipinski definition) is 0. The van der Waals surface area contributed by atoms with Gasteiger partial charge in [-0.05, 0) is 6.92 Å². The summed E-state index contributed by atoms with van der Waals surface area (Å²) in [5.74, 6) is 3.10. The summed E-state index contributed by atoms with van der Waals surface area (Å²) in [5, 5.41) is 0. The van der Waals surface area contributed by atoms with Crippen molar-refractivity contribution in [3.05, 3.63) is 36.4 Å². The van der Waals surface area contributed by atoms with Crippen LogP contribution in [0.4, 0.5) is 0 Å². The Labute approximate surface area is 187 Å². The monoisotopic (exact) mass is 416 g/mol. The quantitative estimate of drug-likeness (QED) is 0.424. The zero-order valence-corrected chi connectivity index (χ0v) is 17.8. The van der Waals surface area contributed by atoms with Crippen LogP contribution in [-0.2, 0) is 19.2 Å². The Kier molecular flexibility index (Phi) is 17.0. The third kappa shape index (κ3) is 11.0. The average molecular weight is 416 g/mol. The van der Waals surface area contributed by atoms with Crippen molar-refractivity contribution < 1.29 is 73.2 Å². The van der Waals surface area contributed by atoms with Crippen molar-refractivity contribution in [1.82, 2.24) is 9.97 Å². The predicted molar refractivity (Wildman–Crippen MR) is 87.1 cm³/mol. The summed E-state index contributed by atoms with van der Waals surface area (Å²) in [7, 11) is 0. The van der Waals surface area contributed by atoms with Gasteiger partial charge in [-0.15, -0.1) is 0 Å². The molecule has 0 fully saturated rings. The first kappa shape index (κ1) is 28.4. The number of hydrogen-bond acceptors (Lipinski definition) is 11. The zero-order chi connectivity index (χ0) is 19.9. The van der Waals surface area contributed by atoms with Crippen molar-refractivity contribution in [2.45, 2.75) is 6.92 Å². The molecule has 0 saturated carbocycles. The van der Waals surface area contributed by atoms with Gasteiger partial charge in [-0.1, -0.05) is 0 Å². The fourth-order valence-corrected chi connectivity index (χ4v) is 1.94. The van der Waals surface area contributed by atoms with Gasteiger partial charge in [0.2, 0.25) is 0 Å². The number of aromatic nitrogens is 2. The molecule has 2 aliphatic rings. The number of ether oxygens (including phenoxy) is 4. The van der Waals surface area contributed by atoms with Crippen LogP contribution < -0.4 is 48.5 Å². The van der Waals surface area contributed by atoms with Crippen LogP contribution in [0.5, 0.6) is 23.0 Å². The van der Waals surface area contributed by atoms with E-state index in [-0.39, 0.29) is 47.3 Å². The average Bonchev–Trinajstić information content (AvgIpc) is 2.70. The van der Waals surface area contributed by atoms with Gasteiger partial charge in [-0.25, -0.2) is 0 Å². The molecule has 4 heterocycles. The van der Waals surface area contributed by atoms with Crippen molar-refractivity contribution in [2.75, 3.05) is 26.4 Å². The summed E-state index contributed by atoms with van der Waals surface area (Å²) in [6, 6.07) is 3.68. The topological polar surface area (TPSA) is 161 Å². The van der Waals surface area contributed by atoms with E-state index in [1.807, 2.05) is 13.0 Å². The Morgan fingerprint density at radius 2 is 1.24 bits per heavy atom. The number of pyridine rings is 2. The van der Waals surface area contributed by atoms with E-state index in [1.54, 1.807) is 24.7 Å². The summed E-state index contributed by atoms with van der Waals surface area (Å²) in [5.41, 5.74) is 0.953. The summed E-state index contributed by atoms with van der Waals surface area (Å²) in [6.45, 7) is 4.45. The molecule has 2 aliphatic heterocycles. The van der Waals surface area contributed by atoms with Crippen LogP contribution in [0.2, 0.25) is 0 Å². The molecule has 11 nitrogen and oxygen atoms in total. The minimum atomic E-state index is 0. The second-order valence-corrected chi connectivity index (χ2v) is 4.66. The summed E-state index contributed by atoms with van der Waals surface area (Å²) in [4.78, 5) is 40.5. The van der Waals surface area contributed by atoms with E-state index < -0.39 is 0 Å². The van der Waals surface area contributed by atoms with Crippen LogP contribution in [-0.4, -0.2) is 54.2 Å². The molecule has 0 atom stereocenters. The molecule has 150 valence electrons. The Bertz CT molecular complexity index is 755. The molecular weight excluding hydrogens is 399 g/mol. The van der Waals surface area contributed by atoms with E-state index in [0.29, 0.717) is 26.4 Å². The zero-order valence-electron chi connectivity index (χ0n) is 15.8. The van der Waals surface area contributed by atoms with Crippen LogP contribution in [0.15, 0.2) is 30.7 Å². The van der Waals surface area contributed by atoms with Gasteiger partial charge in [0.25, 0.3) is 0 Å². The van der Waals surface area contributed by atoms with E-state index in [2.05, 4.69) is 9.97 Å². The van der Waals surface area contributed by atoms with Crippen LogP contribution in [0.1, 0.15) is 5.69 Å². The van der Waals surface area contributed by atoms with Crippen molar-refractivity contribution in [2.24, 2.45) is 0 Å². The molecule has 29 heavy (non-hydrogen) atoms. The molecule has 0 spiro atoms. The first-order valence-corrected chi connectivity index (χ1v) is 7.56. The maximum atomic E-state index is 8.12. The fourth-order valence-electron chi connectivity index (χ4n) is 1.94. The number of fused-ring (bicyclic) bond motifs is 2. The van der Waals surface area contributed by atoms with Gasteiger partial charge >= 0.3 is 41.9 Å². The Morgan fingerprint density at radius 1 is 0.793 bits per heavy atom. The molecule has 12 heteroatoms. The van der Waals surface area contributed by atoms with Gasteiger partial charge in [-0.2, -0.15) is 19.2 Å². The van der Waals surface area contributed by atoms with E-state index in [1.165, 1.54) is 0 Å². The van der Waals surface area contributed by atoms with Crippen molar-refractivity contribution in [3.8, 4) is 23.0 Å². The van der Waals surface area contributed by atoms with Crippen molar-refractivity contribution >= 4 is 12.3 Å². The summed E-state index contributed by atoms with van der Waals surface area (Å²) in [6.07, 6.45) is 5.55. The second kappa shape index (κ2) is 17.3. The molecule has 0 amide bonds. The van der Waals surface area contributed by atoms with E-state index in [9.17, 15) is 0 Å². The van der Waals surface area contributed by atoms with Gasteiger partial charge in [0.15, 0.2) is 23.0 Å². The van der Waals surface area contributed by atoms with E-state index in [0.717, 1.165) is 28.7 Å². The predicted octanol–water partition coefficient (Wildman–Crippen LogP) is -2.33. The largest absolute Gasteiger partial charge is 1.00 e. The third-order valence-corrected chi connectivity index (χ3v) is 2.91. The van der Waals surface area contributed by atoms with Gasteiger partial charge in [0.1, 0.15) is 26.4 Å².